The number of carbonyl (C=O) groups excluding carboxylic acids is 1. The van der Waals surface area contributed by atoms with Gasteiger partial charge in [-0.25, -0.2) is 8.78 Å². The Kier molecular flexibility index (Phi) is 3.33. The summed E-state index contributed by atoms with van der Waals surface area (Å²) in [6.07, 6.45) is 0.0944. The monoisotopic (exact) mass is 252 g/mol. The summed E-state index contributed by atoms with van der Waals surface area (Å²) in [5.41, 5.74) is 0.486. The van der Waals surface area contributed by atoms with Crippen molar-refractivity contribution >= 4 is 17.1 Å². The Labute approximate surface area is 102 Å². The average Bonchev–Trinajstić information content (AvgIpc) is 2.70. The van der Waals surface area contributed by atoms with Crippen LogP contribution in [0.1, 0.15) is 20.1 Å². The molecule has 0 radical (unpaired) electrons. The van der Waals surface area contributed by atoms with Crippen molar-refractivity contribution in [3.8, 4) is 0 Å². The summed E-state index contributed by atoms with van der Waals surface area (Å²) in [5.74, 6) is -1.89. The molecule has 1 aromatic heterocycles. The Morgan fingerprint density at radius 2 is 1.94 bits per heavy atom. The molecule has 0 aliphatic carbocycles. The minimum Gasteiger partial charge on any atom is -0.293 e. The molecule has 0 N–H and O–H groups in total. The Morgan fingerprint density at radius 1 is 1.18 bits per heavy atom. The standard InChI is InChI=1S/C13H10F2OS/c1-8-2-5-13(17-8)12(16)7-9-3-4-10(14)11(15)6-9/h2-6H,7H2,1H3. The second kappa shape index (κ2) is 4.75. The lowest BCUT2D eigenvalue weighted by atomic mass is 10.1. The van der Waals surface area contributed by atoms with Crippen LogP contribution in [0.4, 0.5) is 8.78 Å². The van der Waals surface area contributed by atoms with Gasteiger partial charge in [-0.05, 0) is 36.8 Å². The molecule has 0 unspecified atom stereocenters. The Balaban J connectivity index is 2.15. The molecule has 0 aliphatic rings. The number of halogens is 2. The Morgan fingerprint density at radius 3 is 2.53 bits per heavy atom. The molecule has 0 amide bonds. The zero-order chi connectivity index (χ0) is 12.4. The van der Waals surface area contributed by atoms with Gasteiger partial charge in [0.05, 0.1) is 4.88 Å². The van der Waals surface area contributed by atoms with E-state index in [0.717, 1.165) is 17.0 Å². The second-order valence-electron chi connectivity index (χ2n) is 3.76. The van der Waals surface area contributed by atoms with Crippen molar-refractivity contribution in [3.05, 3.63) is 57.3 Å². The largest absolute Gasteiger partial charge is 0.293 e. The molecule has 0 atom stereocenters. The molecule has 1 aromatic carbocycles. The fourth-order valence-electron chi connectivity index (χ4n) is 1.51. The molecular formula is C13H10F2OS. The van der Waals surface area contributed by atoms with Crippen molar-refractivity contribution < 1.29 is 13.6 Å². The van der Waals surface area contributed by atoms with Gasteiger partial charge >= 0.3 is 0 Å². The topological polar surface area (TPSA) is 17.1 Å². The van der Waals surface area contributed by atoms with Gasteiger partial charge in [-0.2, -0.15) is 0 Å². The molecule has 0 bridgehead atoms. The summed E-state index contributed by atoms with van der Waals surface area (Å²) in [5, 5.41) is 0. The quantitative estimate of drug-likeness (QED) is 0.760. The van der Waals surface area contributed by atoms with E-state index >= 15 is 0 Å². The normalized spacial score (nSPS) is 10.5. The van der Waals surface area contributed by atoms with Crippen LogP contribution in [0.15, 0.2) is 30.3 Å². The van der Waals surface area contributed by atoms with Crippen LogP contribution < -0.4 is 0 Å². The van der Waals surface area contributed by atoms with Gasteiger partial charge in [0.15, 0.2) is 17.4 Å². The van der Waals surface area contributed by atoms with Crippen LogP contribution in [-0.4, -0.2) is 5.78 Å². The van der Waals surface area contributed by atoms with Gasteiger partial charge in [-0.3, -0.25) is 4.79 Å². The van der Waals surface area contributed by atoms with Crippen LogP contribution in [0, 0.1) is 18.6 Å². The fourth-order valence-corrected chi connectivity index (χ4v) is 2.31. The molecule has 4 heteroatoms. The number of hydrogen-bond donors (Lipinski definition) is 0. The summed E-state index contributed by atoms with van der Waals surface area (Å²) in [6.45, 7) is 1.92. The Bertz CT molecular complexity index is 560. The van der Waals surface area contributed by atoms with Crippen LogP contribution in [0.25, 0.3) is 0 Å². The molecule has 2 rings (SSSR count). The van der Waals surface area contributed by atoms with Gasteiger partial charge in [0, 0.05) is 11.3 Å². The Hall–Kier alpha value is -1.55. The first-order valence-electron chi connectivity index (χ1n) is 5.10. The highest BCUT2D eigenvalue weighted by molar-refractivity contribution is 7.14. The lowest BCUT2D eigenvalue weighted by Crippen LogP contribution is -2.01. The minimum atomic E-state index is -0.919. The summed E-state index contributed by atoms with van der Waals surface area (Å²) in [4.78, 5) is 13.5. The first kappa shape index (κ1) is 11.9. The maximum absolute atomic E-state index is 13.0. The molecule has 0 saturated heterocycles. The number of carbonyl (C=O) groups is 1. The third-order valence-corrected chi connectivity index (χ3v) is 3.41. The zero-order valence-corrected chi connectivity index (χ0v) is 9.98. The predicted molar refractivity (Wildman–Crippen MR) is 63.4 cm³/mol. The lowest BCUT2D eigenvalue weighted by Gasteiger charge is -2.00. The highest BCUT2D eigenvalue weighted by Crippen LogP contribution is 2.18. The average molecular weight is 252 g/mol. The summed E-state index contributed by atoms with van der Waals surface area (Å²) in [7, 11) is 0. The highest BCUT2D eigenvalue weighted by atomic mass is 32.1. The summed E-state index contributed by atoms with van der Waals surface area (Å²) in [6, 6.07) is 7.15. The lowest BCUT2D eigenvalue weighted by molar-refractivity contribution is 0.0996. The van der Waals surface area contributed by atoms with E-state index in [-0.39, 0.29) is 12.2 Å². The zero-order valence-electron chi connectivity index (χ0n) is 9.17. The van der Waals surface area contributed by atoms with Crippen LogP contribution in [0.5, 0.6) is 0 Å². The van der Waals surface area contributed by atoms with Gasteiger partial charge in [0.1, 0.15) is 0 Å². The molecular weight excluding hydrogens is 242 g/mol. The molecule has 1 nitrogen and oxygen atoms in total. The van der Waals surface area contributed by atoms with Crippen LogP contribution in [0.2, 0.25) is 0 Å². The SMILES string of the molecule is Cc1ccc(C(=O)Cc2ccc(F)c(F)c2)s1. The minimum absolute atomic E-state index is 0.0749. The number of thiophene rings is 1. The van der Waals surface area contributed by atoms with Crippen molar-refractivity contribution in [1.82, 2.24) is 0 Å². The molecule has 1 heterocycles. The first-order chi connectivity index (χ1) is 8.06. The van der Waals surface area contributed by atoms with Crippen LogP contribution >= 0.6 is 11.3 Å². The van der Waals surface area contributed by atoms with Gasteiger partial charge in [-0.15, -0.1) is 11.3 Å². The third-order valence-electron chi connectivity index (χ3n) is 2.36. The van der Waals surface area contributed by atoms with E-state index in [1.165, 1.54) is 17.4 Å². The molecule has 17 heavy (non-hydrogen) atoms. The fraction of sp³-hybridized carbons (Fsp3) is 0.154. The van der Waals surface area contributed by atoms with E-state index in [2.05, 4.69) is 0 Å². The summed E-state index contributed by atoms with van der Waals surface area (Å²) >= 11 is 1.41. The molecule has 0 spiro atoms. The van der Waals surface area contributed by atoms with Crippen molar-refractivity contribution in [1.29, 1.82) is 0 Å². The van der Waals surface area contributed by atoms with Crippen molar-refractivity contribution in [2.45, 2.75) is 13.3 Å². The van der Waals surface area contributed by atoms with E-state index in [9.17, 15) is 13.6 Å². The van der Waals surface area contributed by atoms with Crippen molar-refractivity contribution in [2.24, 2.45) is 0 Å². The van der Waals surface area contributed by atoms with E-state index in [1.807, 2.05) is 13.0 Å². The number of Topliss-reactive ketones (excluding diaryl/α,β-unsaturated/α-hetero) is 1. The summed E-state index contributed by atoms with van der Waals surface area (Å²) < 4.78 is 25.7. The molecule has 0 fully saturated rings. The number of aryl methyl sites for hydroxylation is 1. The second-order valence-corrected chi connectivity index (χ2v) is 5.05. The molecule has 0 saturated carbocycles. The number of hydrogen-bond acceptors (Lipinski definition) is 2. The van der Waals surface area contributed by atoms with Gasteiger partial charge in [-0.1, -0.05) is 6.07 Å². The van der Waals surface area contributed by atoms with E-state index < -0.39 is 11.6 Å². The van der Waals surface area contributed by atoms with Crippen molar-refractivity contribution in [3.63, 3.8) is 0 Å². The van der Waals surface area contributed by atoms with Crippen LogP contribution in [0.3, 0.4) is 0 Å². The molecule has 2 aromatic rings. The van der Waals surface area contributed by atoms with Crippen LogP contribution in [-0.2, 0) is 6.42 Å². The smallest absolute Gasteiger partial charge is 0.177 e. The number of ketones is 1. The number of benzene rings is 1. The maximum atomic E-state index is 13.0. The van der Waals surface area contributed by atoms with E-state index in [1.54, 1.807) is 6.07 Å². The van der Waals surface area contributed by atoms with Gasteiger partial charge in [0.25, 0.3) is 0 Å². The molecule has 0 aliphatic heterocycles. The van der Waals surface area contributed by atoms with Gasteiger partial charge in [0.2, 0.25) is 0 Å². The van der Waals surface area contributed by atoms with E-state index in [4.69, 9.17) is 0 Å². The predicted octanol–water partition coefficient (Wildman–Crippen LogP) is 3.76. The maximum Gasteiger partial charge on any atom is 0.177 e. The van der Waals surface area contributed by atoms with Gasteiger partial charge < -0.3 is 0 Å². The highest BCUT2D eigenvalue weighted by Gasteiger charge is 2.10. The van der Waals surface area contributed by atoms with E-state index in [0.29, 0.717) is 10.4 Å². The first-order valence-corrected chi connectivity index (χ1v) is 5.91. The molecule has 88 valence electrons. The number of rotatable bonds is 3. The third kappa shape index (κ3) is 2.77. The van der Waals surface area contributed by atoms with Crippen molar-refractivity contribution in [2.75, 3.05) is 0 Å².